The number of alkyl halides is 4. The van der Waals surface area contributed by atoms with Crippen molar-refractivity contribution in [2.45, 2.75) is 64.6 Å². The molecule has 3 aliphatic heterocycles. The topological polar surface area (TPSA) is 198 Å². The number of halogens is 4. The maximum atomic E-state index is 13.4. The van der Waals surface area contributed by atoms with Crippen LogP contribution in [0.2, 0.25) is 0 Å². The first-order valence-corrected chi connectivity index (χ1v) is 18.7. The quantitative estimate of drug-likeness (QED) is 0.235. The van der Waals surface area contributed by atoms with E-state index in [0.29, 0.717) is 43.8 Å². The number of carboxylic acid groups (broad SMARTS) is 1. The summed E-state index contributed by atoms with van der Waals surface area (Å²) in [6, 6.07) is -0.00128. The number of nitrogens with zero attached hydrogens (tertiary/aromatic N) is 13. The molecular formula is C36H38F4N14O3. The van der Waals surface area contributed by atoms with Crippen LogP contribution in [-0.4, -0.2) is 123 Å². The number of anilines is 2. The highest BCUT2D eigenvalue weighted by Gasteiger charge is 2.72. The summed E-state index contributed by atoms with van der Waals surface area (Å²) in [6.45, 7) is 8.12. The van der Waals surface area contributed by atoms with Gasteiger partial charge in [0.2, 0.25) is 11.9 Å². The zero-order chi connectivity index (χ0) is 40.0. The number of carbonyl (C=O) groups excluding carboxylic acids is 1. The number of piperidine rings is 2. The Morgan fingerprint density at radius 3 is 1.75 bits per heavy atom. The van der Waals surface area contributed by atoms with Crippen LogP contribution in [0.25, 0.3) is 0 Å². The molecule has 6 aliphatic rings. The van der Waals surface area contributed by atoms with Crippen molar-refractivity contribution in [2.75, 3.05) is 42.5 Å². The number of aryl methyl sites for hydroxylation is 2. The summed E-state index contributed by atoms with van der Waals surface area (Å²) in [7, 11) is 0. The fraction of sp³-hybridized carbons (Fsp3) is 0.528. The van der Waals surface area contributed by atoms with Gasteiger partial charge in [-0.3, -0.25) is 9.79 Å². The van der Waals surface area contributed by atoms with Crippen molar-refractivity contribution in [2.24, 2.45) is 28.7 Å². The van der Waals surface area contributed by atoms with Crippen LogP contribution in [-0.2, 0) is 13.1 Å². The van der Waals surface area contributed by atoms with Crippen molar-refractivity contribution in [3.05, 3.63) is 69.8 Å². The van der Waals surface area contributed by atoms with E-state index in [-0.39, 0.29) is 43.0 Å². The van der Waals surface area contributed by atoms with E-state index in [2.05, 4.69) is 50.9 Å². The first-order valence-electron chi connectivity index (χ1n) is 18.7. The Morgan fingerprint density at radius 2 is 1.28 bits per heavy atom. The van der Waals surface area contributed by atoms with Crippen molar-refractivity contribution < 1.29 is 32.3 Å². The highest BCUT2D eigenvalue weighted by molar-refractivity contribution is 6.02. The Bertz CT molecular complexity index is 2330. The summed E-state index contributed by atoms with van der Waals surface area (Å²) in [5, 5.41) is 27.3. The molecule has 0 aromatic carbocycles. The molecule has 57 heavy (non-hydrogen) atoms. The van der Waals surface area contributed by atoms with Crippen molar-refractivity contribution >= 4 is 29.5 Å². The van der Waals surface area contributed by atoms with Gasteiger partial charge >= 0.3 is 5.97 Å². The molecule has 1 amide bonds. The molecule has 0 spiro atoms. The molecule has 2 saturated carbocycles. The molecule has 2 N–H and O–H groups in total. The highest BCUT2D eigenvalue weighted by atomic mass is 19.3. The standard InChI is InChI=1S/C22H24F2N8O.C14H14F2N6O2/c1-11-13(5-26-21(27-11)31-8-16-17(9-31)22(16,23)24)7-32-10-19(29-30-32)20(33)28-18-4-3-14-12(2)25-6-15(14)18;1-7-8(3-22-6-11(12(23)24)19-20-22)2-17-13(18-7)21-4-9-10(5-21)14(9,15)16/h5,10,16-18H,3-4,6-9H2,1-2H3,(H,28,33);2,6,9-10H,3-5H2,1H3,(H,23,24)/t16?,17?,18-;/m1./s1. The lowest BCUT2D eigenvalue weighted by molar-refractivity contribution is 0.0689. The second kappa shape index (κ2) is 13.4. The maximum absolute atomic E-state index is 13.4. The molecule has 4 fully saturated rings. The molecule has 2 saturated heterocycles. The number of aromatic nitrogens is 10. The molecule has 0 radical (unpaired) electrons. The van der Waals surface area contributed by atoms with Gasteiger partial charge in [-0.1, -0.05) is 10.4 Å². The molecule has 298 valence electrons. The van der Waals surface area contributed by atoms with Gasteiger partial charge in [0.25, 0.3) is 17.8 Å². The van der Waals surface area contributed by atoms with Gasteiger partial charge in [-0.15, -0.1) is 10.2 Å². The second-order valence-electron chi connectivity index (χ2n) is 15.5. The maximum Gasteiger partial charge on any atom is 0.358 e. The molecular weight excluding hydrogens is 752 g/mol. The van der Waals surface area contributed by atoms with Crippen molar-refractivity contribution in [3.8, 4) is 0 Å². The monoisotopic (exact) mass is 790 g/mol. The van der Waals surface area contributed by atoms with E-state index >= 15 is 0 Å². The minimum atomic E-state index is -2.53. The Hall–Kier alpha value is -5.89. The number of carbonyl (C=O) groups is 2. The highest BCUT2D eigenvalue weighted by Crippen LogP contribution is 2.60. The summed E-state index contributed by atoms with van der Waals surface area (Å²) in [5.74, 6) is -7.82. The number of amides is 1. The predicted octanol–water partition coefficient (Wildman–Crippen LogP) is 2.61. The van der Waals surface area contributed by atoms with Gasteiger partial charge in [0.15, 0.2) is 11.4 Å². The fourth-order valence-corrected chi connectivity index (χ4v) is 8.36. The van der Waals surface area contributed by atoms with Gasteiger partial charge in [0.1, 0.15) is 0 Å². The number of aromatic carboxylic acids is 1. The van der Waals surface area contributed by atoms with E-state index in [0.717, 1.165) is 35.4 Å². The number of hydrogen-bond donors (Lipinski definition) is 2. The summed E-state index contributed by atoms with van der Waals surface area (Å²) in [4.78, 5) is 49.1. The third-order valence-corrected chi connectivity index (χ3v) is 12.0. The van der Waals surface area contributed by atoms with E-state index in [9.17, 15) is 27.2 Å². The second-order valence-corrected chi connectivity index (χ2v) is 15.5. The van der Waals surface area contributed by atoms with Crippen molar-refractivity contribution in [1.29, 1.82) is 0 Å². The Balaban J connectivity index is 0.000000156. The van der Waals surface area contributed by atoms with Crippen LogP contribution in [0.5, 0.6) is 0 Å². The van der Waals surface area contributed by atoms with E-state index in [1.54, 1.807) is 35.1 Å². The molecule has 3 aliphatic carbocycles. The predicted molar refractivity (Wildman–Crippen MR) is 193 cm³/mol. The number of rotatable bonds is 9. The first kappa shape index (κ1) is 36.7. The van der Waals surface area contributed by atoms with Gasteiger partial charge < -0.3 is 20.2 Å². The zero-order valence-corrected chi connectivity index (χ0v) is 31.1. The lowest BCUT2D eigenvalue weighted by Crippen LogP contribution is -2.35. The number of allylic oxidation sites excluding steroid dienone is 1. The number of aliphatic imine (C=N–C) groups is 1. The fourth-order valence-electron chi connectivity index (χ4n) is 8.36. The number of nitrogens with one attached hydrogen (secondary N) is 1. The van der Waals surface area contributed by atoms with Crippen LogP contribution in [0.4, 0.5) is 29.5 Å². The molecule has 4 unspecified atom stereocenters. The number of hydrogen-bond acceptors (Lipinski definition) is 13. The number of carboxylic acids is 1. The van der Waals surface area contributed by atoms with Gasteiger partial charge in [0.05, 0.1) is 61.7 Å². The Labute approximate surface area is 322 Å². The Morgan fingerprint density at radius 1 is 0.789 bits per heavy atom. The molecule has 10 rings (SSSR count). The van der Waals surface area contributed by atoms with E-state index in [4.69, 9.17) is 5.11 Å². The van der Waals surface area contributed by atoms with Gasteiger partial charge in [-0.2, -0.15) is 0 Å². The van der Waals surface area contributed by atoms with Crippen molar-refractivity contribution in [1.82, 2.24) is 55.2 Å². The molecule has 21 heteroatoms. The first-order chi connectivity index (χ1) is 27.2. The summed E-state index contributed by atoms with van der Waals surface area (Å²) in [5.41, 5.74) is 6.72. The van der Waals surface area contributed by atoms with E-state index in [1.807, 2.05) is 18.7 Å². The van der Waals surface area contributed by atoms with Crippen LogP contribution in [0.1, 0.15) is 63.3 Å². The average Bonchev–Trinajstić information content (AvgIpc) is 3.87. The smallest absolute Gasteiger partial charge is 0.358 e. The average molecular weight is 791 g/mol. The van der Waals surface area contributed by atoms with Gasteiger partial charge in [0, 0.05) is 66.8 Å². The molecule has 0 bridgehead atoms. The third kappa shape index (κ3) is 6.65. The largest absolute Gasteiger partial charge is 0.476 e. The minimum absolute atomic E-state index is 0.00128. The molecule has 4 aromatic rings. The third-order valence-electron chi connectivity index (χ3n) is 12.0. The zero-order valence-electron chi connectivity index (χ0n) is 31.1. The normalized spacial score (nSPS) is 25.7. The van der Waals surface area contributed by atoms with Crippen LogP contribution >= 0.6 is 0 Å². The molecule has 7 heterocycles. The van der Waals surface area contributed by atoms with Gasteiger partial charge in [-0.25, -0.2) is 51.7 Å². The van der Waals surface area contributed by atoms with E-state index in [1.165, 1.54) is 22.0 Å². The molecule has 5 atom stereocenters. The van der Waals surface area contributed by atoms with Crippen LogP contribution < -0.4 is 15.1 Å². The summed E-state index contributed by atoms with van der Waals surface area (Å²) >= 11 is 0. The van der Waals surface area contributed by atoms with Crippen LogP contribution in [0.3, 0.4) is 0 Å². The van der Waals surface area contributed by atoms with Crippen LogP contribution in [0, 0.1) is 37.5 Å². The molecule has 4 aromatic heterocycles. The van der Waals surface area contributed by atoms with E-state index < -0.39 is 41.5 Å². The lowest BCUT2D eigenvalue weighted by Gasteiger charge is -2.20. The van der Waals surface area contributed by atoms with Crippen molar-refractivity contribution in [3.63, 3.8) is 0 Å². The minimum Gasteiger partial charge on any atom is -0.476 e. The summed E-state index contributed by atoms with van der Waals surface area (Å²) in [6.07, 6.45) is 8.07. The Kier molecular flexibility index (Phi) is 8.61. The summed E-state index contributed by atoms with van der Waals surface area (Å²) < 4.78 is 56.4. The van der Waals surface area contributed by atoms with Crippen LogP contribution in [0.15, 0.2) is 40.9 Å². The van der Waals surface area contributed by atoms with Gasteiger partial charge in [-0.05, 0) is 44.8 Å². The number of fused-ring (bicyclic) bond motifs is 2. The SMILES string of the molecule is CC1=NCC2=C1CC[C@H]2NC(=O)c1cn(Cc2cnc(N3CC4C(C3)C4(F)F)nc2C)nn1.Cc1nc(N2CC3C(C2)C3(F)F)ncc1Cn1cc(C(=O)O)nn1. The lowest BCUT2D eigenvalue weighted by atomic mass is 10.1. The molecule has 17 nitrogen and oxygen atoms in total.